The molecule has 180 valence electrons. The predicted octanol–water partition coefficient (Wildman–Crippen LogP) is 2.17. The number of nitrogens with zero attached hydrogens (tertiary/aromatic N) is 4. The van der Waals surface area contributed by atoms with Crippen molar-refractivity contribution in [2.24, 2.45) is 5.16 Å². The van der Waals surface area contributed by atoms with Crippen molar-refractivity contribution in [1.82, 2.24) is 20.2 Å². The molecule has 1 fully saturated rings. The zero-order valence-electron chi connectivity index (χ0n) is 17.8. The number of thioether (sulfide) groups is 2. The number of anilines is 1. The number of carbonyl (C=O) groups excluding carboxylic acids is 2. The quantitative estimate of drug-likeness (QED) is 0.227. The Morgan fingerprint density at radius 2 is 2.14 bits per heavy atom. The second-order valence-electron chi connectivity index (χ2n) is 7.18. The molecule has 3 aromatic rings. The largest absolute Gasteiger partial charge is 0.477 e. The third-order valence-corrected chi connectivity index (χ3v) is 9.39. The van der Waals surface area contributed by atoms with Gasteiger partial charge in [0.15, 0.2) is 15.2 Å². The second-order valence-corrected chi connectivity index (χ2v) is 11.5. The van der Waals surface area contributed by atoms with Crippen LogP contribution in [0.4, 0.5) is 5.13 Å². The van der Waals surface area contributed by atoms with E-state index in [2.05, 4.69) is 20.4 Å². The molecule has 0 radical (unpaired) electrons. The SMILES string of the molecule is CO/N=C(\C(=O)NC1C(=O)N2C(C(=O)O)=C(Sc3nc4ccccc4s3)CSC12)c1csc(N)n1. The number of para-hydroxylation sites is 1. The van der Waals surface area contributed by atoms with Gasteiger partial charge in [0, 0.05) is 16.0 Å². The van der Waals surface area contributed by atoms with Crippen molar-refractivity contribution in [1.29, 1.82) is 0 Å². The molecule has 5 rings (SSSR count). The van der Waals surface area contributed by atoms with Crippen LogP contribution in [0.25, 0.3) is 10.2 Å². The highest BCUT2D eigenvalue weighted by atomic mass is 32.2. The topological polar surface area (TPSA) is 160 Å². The molecule has 0 saturated carbocycles. The number of β-lactam (4-membered cyclic amide) rings is 1. The van der Waals surface area contributed by atoms with Gasteiger partial charge in [0.05, 0.1) is 10.2 Å². The third-order valence-electron chi connectivity index (χ3n) is 5.07. The highest BCUT2D eigenvalue weighted by Gasteiger charge is 2.54. The molecule has 2 aliphatic rings. The lowest BCUT2D eigenvalue weighted by molar-refractivity contribution is -0.150. The highest BCUT2D eigenvalue weighted by Crippen LogP contribution is 2.46. The summed E-state index contributed by atoms with van der Waals surface area (Å²) in [4.78, 5) is 53.0. The van der Waals surface area contributed by atoms with Crippen molar-refractivity contribution in [3.05, 3.63) is 45.9 Å². The van der Waals surface area contributed by atoms with E-state index in [1.807, 2.05) is 24.3 Å². The third kappa shape index (κ3) is 4.35. The first-order valence-corrected chi connectivity index (χ1v) is 13.5. The zero-order valence-corrected chi connectivity index (χ0v) is 21.1. The Bertz CT molecular complexity index is 1380. The number of nitrogens with two attached hydrogens (primary N) is 1. The number of nitrogen functional groups attached to an aromatic ring is 1. The lowest BCUT2D eigenvalue weighted by Gasteiger charge is -2.49. The number of aromatic nitrogens is 2. The Kier molecular flexibility index (Phi) is 6.39. The molecule has 2 unspecified atom stereocenters. The summed E-state index contributed by atoms with van der Waals surface area (Å²) in [5.74, 6) is -2.06. The van der Waals surface area contributed by atoms with Crippen LogP contribution in [0.15, 0.2) is 49.7 Å². The molecule has 1 saturated heterocycles. The number of benzene rings is 1. The molecule has 35 heavy (non-hydrogen) atoms. The fraction of sp³-hybridized carbons (Fsp3) is 0.200. The van der Waals surface area contributed by atoms with Crippen LogP contribution in [0.2, 0.25) is 0 Å². The number of oxime groups is 1. The number of fused-ring (bicyclic) bond motifs is 2. The van der Waals surface area contributed by atoms with Crippen LogP contribution >= 0.6 is 46.2 Å². The van der Waals surface area contributed by atoms with Crippen molar-refractivity contribution in [2.75, 3.05) is 18.6 Å². The van der Waals surface area contributed by atoms with Gasteiger partial charge in [0.1, 0.15) is 29.9 Å². The van der Waals surface area contributed by atoms with E-state index in [0.717, 1.165) is 21.6 Å². The molecule has 4 N–H and O–H groups in total. The molecular formula is C20H16N6O5S4. The summed E-state index contributed by atoms with van der Waals surface area (Å²) in [6.07, 6.45) is 0. The van der Waals surface area contributed by atoms with E-state index < -0.39 is 29.2 Å². The van der Waals surface area contributed by atoms with Crippen molar-refractivity contribution in [3.63, 3.8) is 0 Å². The Hall–Kier alpha value is -3.14. The first-order chi connectivity index (χ1) is 16.9. The van der Waals surface area contributed by atoms with Crippen LogP contribution in [0.1, 0.15) is 5.69 Å². The average molecular weight is 549 g/mol. The molecule has 4 heterocycles. The van der Waals surface area contributed by atoms with Gasteiger partial charge in [-0.1, -0.05) is 29.1 Å². The molecule has 2 aliphatic heterocycles. The van der Waals surface area contributed by atoms with Crippen LogP contribution in [0, 0.1) is 0 Å². The van der Waals surface area contributed by atoms with E-state index in [4.69, 9.17) is 10.6 Å². The number of hydrogen-bond donors (Lipinski definition) is 3. The van der Waals surface area contributed by atoms with Gasteiger partial charge in [-0.25, -0.2) is 14.8 Å². The van der Waals surface area contributed by atoms with Gasteiger partial charge >= 0.3 is 5.97 Å². The van der Waals surface area contributed by atoms with E-state index in [9.17, 15) is 19.5 Å². The van der Waals surface area contributed by atoms with Crippen molar-refractivity contribution < 1.29 is 24.3 Å². The summed E-state index contributed by atoms with van der Waals surface area (Å²) < 4.78 is 1.69. The van der Waals surface area contributed by atoms with E-state index in [-0.39, 0.29) is 22.2 Å². The van der Waals surface area contributed by atoms with Crippen LogP contribution in [0.3, 0.4) is 0 Å². The summed E-state index contributed by atoms with van der Waals surface area (Å²) in [5.41, 5.74) is 6.47. The van der Waals surface area contributed by atoms with Crippen molar-refractivity contribution in [2.45, 2.75) is 15.8 Å². The first-order valence-electron chi connectivity index (χ1n) is 9.95. The minimum atomic E-state index is -1.21. The summed E-state index contributed by atoms with van der Waals surface area (Å²) in [6.45, 7) is 0. The second kappa shape index (κ2) is 9.49. The lowest BCUT2D eigenvalue weighted by atomic mass is 10.0. The van der Waals surface area contributed by atoms with Gasteiger partial charge in [-0.3, -0.25) is 14.5 Å². The number of carboxylic acids is 1. The molecule has 2 atom stereocenters. The molecule has 0 bridgehead atoms. The average Bonchev–Trinajstić information content (AvgIpc) is 3.45. The molecule has 0 spiro atoms. The van der Waals surface area contributed by atoms with Crippen LogP contribution in [-0.4, -0.2) is 67.7 Å². The van der Waals surface area contributed by atoms with Crippen molar-refractivity contribution >= 4 is 85.0 Å². The molecule has 11 nitrogen and oxygen atoms in total. The summed E-state index contributed by atoms with van der Waals surface area (Å²) in [6, 6.07) is 6.72. The van der Waals surface area contributed by atoms with E-state index in [1.54, 1.807) is 5.38 Å². The standard InChI is InChI=1S/C20H16N6O5S4/c1-31-25-12(9-6-33-19(21)22-9)15(27)24-13-16(28)26-14(18(29)30)11(7-32-17(13)26)35-20-23-8-4-2-3-5-10(8)34-20/h2-6,13,17H,7H2,1H3,(H2,21,22)(H,24,27)(H,29,30)/b25-12-. The van der Waals surface area contributed by atoms with Crippen LogP contribution in [0.5, 0.6) is 0 Å². The number of carbonyl (C=O) groups is 3. The fourth-order valence-electron chi connectivity index (χ4n) is 3.57. The molecule has 15 heteroatoms. The van der Waals surface area contributed by atoms with Gasteiger partial charge in [-0.15, -0.1) is 34.4 Å². The lowest BCUT2D eigenvalue weighted by Crippen LogP contribution is -2.71. The Morgan fingerprint density at radius 3 is 2.83 bits per heavy atom. The Morgan fingerprint density at radius 1 is 1.34 bits per heavy atom. The van der Waals surface area contributed by atoms with Gasteiger partial charge in [-0.05, 0) is 12.1 Å². The minimum absolute atomic E-state index is 0.0911. The molecule has 0 aliphatic carbocycles. The van der Waals surface area contributed by atoms with Gasteiger partial charge in [0.2, 0.25) is 0 Å². The van der Waals surface area contributed by atoms with Gasteiger partial charge in [0.25, 0.3) is 11.8 Å². The zero-order chi connectivity index (χ0) is 24.7. The Balaban J connectivity index is 1.36. The summed E-state index contributed by atoms with van der Waals surface area (Å²) >= 11 is 5.20. The smallest absolute Gasteiger partial charge is 0.353 e. The molecule has 2 aromatic heterocycles. The monoisotopic (exact) mass is 548 g/mol. The van der Waals surface area contributed by atoms with Gasteiger partial charge < -0.3 is 21.0 Å². The molecule has 1 aromatic carbocycles. The number of nitrogens with one attached hydrogen (secondary N) is 1. The molecular weight excluding hydrogens is 533 g/mol. The van der Waals surface area contributed by atoms with E-state index in [0.29, 0.717) is 15.0 Å². The van der Waals surface area contributed by atoms with E-state index >= 15 is 0 Å². The maximum absolute atomic E-state index is 13.0. The number of carboxylic acid groups (broad SMARTS) is 1. The highest BCUT2D eigenvalue weighted by molar-refractivity contribution is 8.07. The Labute approximate surface area is 214 Å². The molecule has 2 amide bonds. The predicted molar refractivity (Wildman–Crippen MR) is 135 cm³/mol. The first kappa shape index (κ1) is 23.6. The van der Waals surface area contributed by atoms with Gasteiger partial charge in [-0.2, -0.15) is 0 Å². The maximum Gasteiger partial charge on any atom is 0.353 e. The number of hydrogen-bond acceptors (Lipinski definition) is 12. The fourth-order valence-corrected chi connectivity index (χ4v) is 7.82. The van der Waals surface area contributed by atoms with E-state index in [1.165, 1.54) is 46.9 Å². The number of amides is 2. The van der Waals surface area contributed by atoms with Crippen LogP contribution in [-0.2, 0) is 19.2 Å². The van der Waals surface area contributed by atoms with Crippen molar-refractivity contribution in [3.8, 4) is 0 Å². The minimum Gasteiger partial charge on any atom is -0.477 e. The number of rotatable bonds is 7. The number of aliphatic carboxylic acids is 1. The normalized spacial score (nSPS) is 20.0. The summed E-state index contributed by atoms with van der Waals surface area (Å²) in [7, 11) is 1.28. The van der Waals surface area contributed by atoms with Crippen LogP contribution < -0.4 is 11.1 Å². The maximum atomic E-state index is 13.0. The summed E-state index contributed by atoms with van der Waals surface area (Å²) in [5, 5.41) is 17.5. The number of thiazole rings is 2.